The lowest BCUT2D eigenvalue weighted by molar-refractivity contribution is -0.121. The number of carbonyl (C=O) groups is 2. The highest BCUT2D eigenvalue weighted by Crippen LogP contribution is 2.15. The normalized spacial score (nSPS) is 10.1. The van der Waals surface area contributed by atoms with Gasteiger partial charge >= 0.3 is 0 Å². The highest BCUT2D eigenvalue weighted by Gasteiger charge is 2.16. The molecule has 5 nitrogen and oxygen atoms in total. The van der Waals surface area contributed by atoms with Crippen molar-refractivity contribution in [1.29, 1.82) is 0 Å². The Morgan fingerprint density at radius 2 is 1.89 bits per heavy atom. The van der Waals surface area contributed by atoms with Gasteiger partial charge < -0.3 is 10.2 Å². The van der Waals surface area contributed by atoms with Gasteiger partial charge in [0, 0.05) is 19.2 Å². The molecule has 0 aliphatic carbocycles. The molecule has 1 heterocycles. The lowest BCUT2D eigenvalue weighted by Crippen LogP contribution is -2.38. The van der Waals surface area contributed by atoms with E-state index < -0.39 is 0 Å². The number of nitrogens with one attached hydrogen (secondary N) is 1. The second-order valence-electron chi connectivity index (χ2n) is 4.01. The van der Waals surface area contributed by atoms with Crippen molar-refractivity contribution in [2.24, 2.45) is 0 Å². The molecule has 104 valence electrons. The third-order valence-electron chi connectivity index (χ3n) is 2.31. The van der Waals surface area contributed by atoms with Crippen molar-refractivity contribution in [2.45, 2.75) is 13.3 Å². The molecule has 19 heavy (non-hydrogen) atoms. The molecule has 0 saturated heterocycles. The molecular weight excluding hydrogens is 289 g/mol. The summed E-state index contributed by atoms with van der Waals surface area (Å²) in [5, 5.41) is 2.97. The number of halogens is 2. The molecule has 0 unspecified atom stereocenters. The maximum atomic E-state index is 12.1. The van der Waals surface area contributed by atoms with Crippen LogP contribution in [0.4, 0.5) is 0 Å². The number of pyridine rings is 1. The van der Waals surface area contributed by atoms with Gasteiger partial charge in [-0.2, -0.15) is 0 Å². The predicted octanol–water partition coefficient (Wildman–Crippen LogP) is 1.99. The molecule has 0 aliphatic rings. The fraction of sp³-hybridized carbons (Fsp3) is 0.417. The van der Waals surface area contributed by atoms with Crippen molar-refractivity contribution < 1.29 is 9.59 Å². The van der Waals surface area contributed by atoms with Gasteiger partial charge in [-0.3, -0.25) is 9.59 Å². The van der Waals surface area contributed by atoms with Crippen LogP contribution in [0.1, 0.15) is 23.7 Å². The summed E-state index contributed by atoms with van der Waals surface area (Å²) in [5.41, 5.74) is 0.302. The van der Waals surface area contributed by atoms with E-state index in [4.69, 9.17) is 23.2 Å². The van der Waals surface area contributed by atoms with Crippen LogP contribution in [0.3, 0.4) is 0 Å². The number of carbonyl (C=O) groups excluding carboxylic acids is 2. The van der Waals surface area contributed by atoms with E-state index in [0.29, 0.717) is 12.1 Å². The molecule has 2 amide bonds. The van der Waals surface area contributed by atoms with E-state index in [1.807, 2.05) is 6.92 Å². The van der Waals surface area contributed by atoms with Crippen molar-refractivity contribution in [3.63, 3.8) is 0 Å². The van der Waals surface area contributed by atoms with E-state index >= 15 is 0 Å². The summed E-state index contributed by atoms with van der Waals surface area (Å²) in [4.78, 5) is 28.6. The number of rotatable bonds is 5. The molecule has 0 bridgehead atoms. The van der Waals surface area contributed by atoms with Gasteiger partial charge in [0.25, 0.3) is 5.91 Å². The smallest absolute Gasteiger partial charge is 0.254 e. The van der Waals surface area contributed by atoms with Crippen LogP contribution in [0.15, 0.2) is 12.1 Å². The van der Waals surface area contributed by atoms with E-state index in [0.717, 1.165) is 6.42 Å². The minimum atomic E-state index is -0.335. The molecule has 1 aromatic heterocycles. The van der Waals surface area contributed by atoms with Gasteiger partial charge in [0.05, 0.1) is 6.54 Å². The predicted molar refractivity (Wildman–Crippen MR) is 74.5 cm³/mol. The maximum Gasteiger partial charge on any atom is 0.254 e. The summed E-state index contributed by atoms with van der Waals surface area (Å²) < 4.78 is 0. The molecule has 0 fully saturated rings. The topological polar surface area (TPSA) is 62.3 Å². The van der Waals surface area contributed by atoms with E-state index in [9.17, 15) is 9.59 Å². The Morgan fingerprint density at radius 1 is 1.32 bits per heavy atom. The molecule has 1 rings (SSSR count). The quantitative estimate of drug-likeness (QED) is 0.846. The van der Waals surface area contributed by atoms with Gasteiger partial charge in [-0.1, -0.05) is 30.1 Å². The zero-order chi connectivity index (χ0) is 14.4. The average molecular weight is 304 g/mol. The first-order chi connectivity index (χ1) is 8.93. The van der Waals surface area contributed by atoms with Gasteiger partial charge in [0.15, 0.2) is 0 Å². The van der Waals surface area contributed by atoms with Crippen LogP contribution in [-0.4, -0.2) is 41.8 Å². The van der Waals surface area contributed by atoms with Crippen molar-refractivity contribution in [3.05, 3.63) is 28.0 Å². The molecule has 1 N–H and O–H groups in total. The minimum Gasteiger partial charge on any atom is -0.355 e. The van der Waals surface area contributed by atoms with E-state index in [1.54, 1.807) is 0 Å². The zero-order valence-electron chi connectivity index (χ0n) is 10.7. The summed E-state index contributed by atoms with van der Waals surface area (Å²) >= 11 is 11.5. The SMILES string of the molecule is CCCNC(=O)CN(C)C(=O)c1cc(Cl)nc(Cl)c1. The summed E-state index contributed by atoms with van der Waals surface area (Å²) in [5.74, 6) is -0.540. The third-order valence-corrected chi connectivity index (χ3v) is 2.70. The lowest BCUT2D eigenvalue weighted by Gasteiger charge is -2.16. The molecule has 0 spiro atoms. The zero-order valence-corrected chi connectivity index (χ0v) is 12.3. The van der Waals surface area contributed by atoms with Crippen LogP contribution in [0.5, 0.6) is 0 Å². The van der Waals surface area contributed by atoms with Crippen LogP contribution in [0.25, 0.3) is 0 Å². The molecule has 7 heteroatoms. The Hall–Kier alpha value is -1.33. The van der Waals surface area contributed by atoms with Crippen LogP contribution >= 0.6 is 23.2 Å². The van der Waals surface area contributed by atoms with Gasteiger partial charge in [-0.25, -0.2) is 4.98 Å². The molecule has 0 saturated carbocycles. The van der Waals surface area contributed by atoms with Crippen LogP contribution in [0, 0.1) is 0 Å². The minimum absolute atomic E-state index is 0.0175. The van der Waals surface area contributed by atoms with Gasteiger partial charge in [0.1, 0.15) is 10.3 Å². The largest absolute Gasteiger partial charge is 0.355 e. The number of likely N-dealkylation sites (N-methyl/N-ethyl adjacent to an activating group) is 1. The van der Waals surface area contributed by atoms with Crippen molar-refractivity contribution in [1.82, 2.24) is 15.2 Å². The van der Waals surface area contributed by atoms with Crippen LogP contribution in [-0.2, 0) is 4.79 Å². The molecule has 1 aromatic rings. The maximum absolute atomic E-state index is 12.1. The second kappa shape index (κ2) is 7.31. The average Bonchev–Trinajstić information content (AvgIpc) is 2.34. The van der Waals surface area contributed by atoms with Gasteiger partial charge in [-0.05, 0) is 18.6 Å². The molecule has 0 atom stereocenters. The number of amides is 2. The standard InChI is InChI=1S/C12H15Cl2N3O2/c1-3-4-15-11(18)7-17(2)12(19)8-5-9(13)16-10(14)6-8/h5-6H,3-4,7H2,1-2H3,(H,15,18). The number of nitrogens with zero attached hydrogens (tertiary/aromatic N) is 2. The highest BCUT2D eigenvalue weighted by atomic mass is 35.5. The fourth-order valence-corrected chi connectivity index (χ4v) is 1.88. The number of hydrogen-bond donors (Lipinski definition) is 1. The van der Waals surface area contributed by atoms with E-state index in [1.165, 1.54) is 24.1 Å². The van der Waals surface area contributed by atoms with Crippen LogP contribution < -0.4 is 5.32 Å². The first-order valence-corrected chi connectivity index (χ1v) is 6.55. The molecule has 0 aliphatic heterocycles. The van der Waals surface area contributed by atoms with E-state index in [-0.39, 0.29) is 28.7 Å². The van der Waals surface area contributed by atoms with Crippen molar-refractivity contribution >= 4 is 35.0 Å². The Labute approximate surface area is 121 Å². The molecular formula is C12H15Cl2N3O2. The number of hydrogen-bond acceptors (Lipinski definition) is 3. The fourth-order valence-electron chi connectivity index (χ4n) is 1.42. The Morgan fingerprint density at radius 3 is 2.42 bits per heavy atom. The molecule has 0 radical (unpaired) electrons. The molecule has 0 aromatic carbocycles. The lowest BCUT2D eigenvalue weighted by atomic mass is 10.2. The van der Waals surface area contributed by atoms with Gasteiger partial charge in [0.2, 0.25) is 5.91 Å². The first-order valence-electron chi connectivity index (χ1n) is 5.79. The Kier molecular flexibility index (Phi) is 6.05. The first kappa shape index (κ1) is 15.7. The summed E-state index contributed by atoms with van der Waals surface area (Å²) in [7, 11) is 1.54. The monoisotopic (exact) mass is 303 g/mol. The van der Waals surface area contributed by atoms with Crippen molar-refractivity contribution in [2.75, 3.05) is 20.1 Å². The highest BCUT2D eigenvalue weighted by molar-refractivity contribution is 6.33. The van der Waals surface area contributed by atoms with Gasteiger partial charge in [-0.15, -0.1) is 0 Å². The summed E-state index contributed by atoms with van der Waals surface area (Å²) in [6.45, 7) is 2.53. The Balaban J connectivity index is 2.68. The Bertz CT molecular complexity index is 460. The number of aromatic nitrogens is 1. The van der Waals surface area contributed by atoms with E-state index in [2.05, 4.69) is 10.3 Å². The summed E-state index contributed by atoms with van der Waals surface area (Å²) in [6.07, 6.45) is 0.846. The van der Waals surface area contributed by atoms with Crippen LogP contribution in [0.2, 0.25) is 10.3 Å². The third kappa shape index (κ3) is 5.04. The summed E-state index contributed by atoms with van der Waals surface area (Å²) in [6, 6.07) is 2.83. The van der Waals surface area contributed by atoms with Crippen molar-refractivity contribution in [3.8, 4) is 0 Å². The second-order valence-corrected chi connectivity index (χ2v) is 4.79.